The quantitative estimate of drug-likeness (QED) is 0.744. The fourth-order valence-corrected chi connectivity index (χ4v) is 2.10. The van der Waals surface area contributed by atoms with Crippen molar-refractivity contribution in [3.63, 3.8) is 0 Å². The molecule has 2 amide bonds. The van der Waals surface area contributed by atoms with Gasteiger partial charge in [-0.2, -0.15) is 0 Å². The lowest BCUT2D eigenvalue weighted by molar-refractivity contribution is -0.138. The molecule has 0 aliphatic heterocycles. The molecule has 2 N–H and O–H groups in total. The van der Waals surface area contributed by atoms with E-state index in [0.717, 1.165) is 25.7 Å². The zero-order valence-electron chi connectivity index (χ0n) is 10.9. The van der Waals surface area contributed by atoms with Crippen LogP contribution in [0.5, 0.6) is 0 Å². The number of carboxylic acid groups (broad SMARTS) is 1. The molecule has 1 rings (SSSR count). The van der Waals surface area contributed by atoms with Gasteiger partial charge < -0.3 is 15.3 Å². The molecule has 0 atom stereocenters. The van der Waals surface area contributed by atoms with Gasteiger partial charge in [-0.25, -0.2) is 4.79 Å². The Morgan fingerprint density at radius 2 is 2.00 bits per heavy atom. The molecule has 18 heavy (non-hydrogen) atoms. The van der Waals surface area contributed by atoms with Crippen molar-refractivity contribution < 1.29 is 14.7 Å². The smallest absolute Gasteiger partial charge is 0.323 e. The second-order valence-electron chi connectivity index (χ2n) is 5.16. The normalized spacial score (nSPS) is 16.1. The van der Waals surface area contributed by atoms with E-state index >= 15 is 0 Å². The SMILES string of the molecule is C#CC(C)(C)NC(=O)N(CC(=O)O)C1CCCC1. The van der Waals surface area contributed by atoms with E-state index in [4.69, 9.17) is 11.5 Å². The number of carboxylic acids is 1. The summed E-state index contributed by atoms with van der Waals surface area (Å²) < 4.78 is 0. The molecule has 0 saturated heterocycles. The van der Waals surface area contributed by atoms with E-state index in [1.54, 1.807) is 13.8 Å². The third-order valence-electron chi connectivity index (χ3n) is 3.11. The molecule has 0 aromatic rings. The molecule has 0 bridgehead atoms. The molecular formula is C13H20N2O3. The summed E-state index contributed by atoms with van der Waals surface area (Å²) in [5, 5.41) is 11.6. The van der Waals surface area contributed by atoms with Crippen LogP contribution in [0.1, 0.15) is 39.5 Å². The summed E-state index contributed by atoms with van der Waals surface area (Å²) in [6.45, 7) is 3.13. The number of carbonyl (C=O) groups is 2. The third kappa shape index (κ3) is 3.95. The Balaban J connectivity index is 2.73. The largest absolute Gasteiger partial charge is 0.480 e. The lowest BCUT2D eigenvalue weighted by Crippen LogP contribution is -2.53. The van der Waals surface area contributed by atoms with Crippen LogP contribution in [0.3, 0.4) is 0 Å². The van der Waals surface area contributed by atoms with Gasteiger partial charge in [-0.05, 0) is 26.7 Å². The molecule has 0 radical (unpaired) electrons. The molecule has 5 heteroatoms. The monoisotopic (exact) mass is 252 g/mol. The predicted octanol–water partition coefficient (Wildman–Crippen LogP) is 1.44. The van der Waals surface area contributed by atoms with Crippen LogP contribution >= 0.6 is 0 Å². The van der Waals surface area contributed by atoms with Gasteiger partial charge in [0.25, 0.3) is 0 Å². The van der Waals surface area contributed by atoms with Crippen LogP contribution in [-0.4, -0.2) is 40.1 Å². The zero-order valence-corrected chi connectivity index (χ0v) is 10.9. The highest BCUT2D eigenvalue weighted by molar-refractivity contribution is 5.81. The van der Waals surface area contributed by atoms with E-state index in [-0.39, 0.29) is 12.6 Å². The van der Waals surface area contributed by atoms with Gasteiger partial charge >= 0.3 is 12.0 Å². The summed E-state index contributed by atoms with van der Waals surface area (Å²) >= 11 is 0. The molecule has 1 aliphatic rings. The van der Waals surface area contributed by atoms with Crippen molar-refractivity contribution in [1.29, 1.82) is 0 Å². The zero-order chi connectivity index (χ0) is 13.8. The number of hydrogen-bond donors (Lipinski definition) is 2. The molecule has 0 aromatic carbocycles. The van der Waals surface area contributed by atoms with Crippen molar-refractivity contribution >= 4 is 12.0 Å². The van der Waals surface area contributed by atoms with Gasteiger partial charge in [-0.15, -0.1) is 6.42 Å². The second-order valence-corrected chi connectivity index (χ2v) is 5.16. The van der Waals surface area contributed by atoms with Gasteiger partial charge in [-0.3, -0.25) is 4.79 Å². The maximum absolute atomic E-state index is 12.1. The van der Waals surface area contributed by atoms with Gasteiger partial charge in [-0.1, -0.05) is 18.8 Å². The number of nitrogens with zero attached hydrogens (tertiary/aromatic N) is 1. The number of hydrogen-bond acceptors (Lipinski definition) is 2. The molecule has 0 spiro atoms. The Morgan fingerprint density at radius 3 is 2.44 bits per heavy atom. The first-order valence-electron chi connectivity index (χ1n) is 6.14. The minimum atomic E-state index is -1.00. The van der Waals surface area contributed by atoms with Crippen molar-refractivity contribution in [3.05, 3.63) is 0 Å². The van der Waals surface area contributed by atoms with Gasteiger partial charge in [0.15, 0.2) is 0 Å². The summed E-state index contributed by atoms with van der Waals surface area (Å²) in [7, 11) is 0. The maximum Gasteiger partial charge on any atom is 0.323 e. The predicted molar refractivity (Wildman–Crippen MR) is 68.0 cm³/mol. The van der Waals surface area contributed by atoms with Crippen LogP contribution in [-0.2, 0) is 4.79 Å². The molecule has 0 heterocycles. The van der Waals surface area contributed by atoms with E-state index in [9.17, 15) is 9.59 Å². The second kappa shape index (κ2) is 5.76. The minimum absolute atomic E-state index is 0.00896. The highest BCUT2D eigenvalue weighted by atomic mass is 16.4. The van der Waals surface area contributed by atoms with E-state index in [1.807, 2.05) is 0 Å². The highest BCUT2D eigenvalue weighted by Crippen LogP contribution is 2.23. The van der Waals surface area contributed by atoms with Gasteiger partial charge in [0, 0.05) is 6.04 Å². The Kier molecular flexibility index (Phi) is 4.60. The third-order valence-corrected chi connectivity index (χ3v) is 3.11. The fraction of sp³-hybridized carbons (Fsp3) is 0.692. The average molecular weight is 252 g/mol. The Hall–Kier alpha value is -1.70. The number of urea groups is 1. The van der Waals surface area contributed by atoms with Gasteiger partial charge in [0.1, 0.15) is 6.54 Å². The molecule has 1 saturated carbocycles. The lowest BCUT2D eigenvalue weighted by atomic mass is 10.1. The molecule has 0 aromatic heterocycles. The first-order chi connectivity index (χ1) is 8.35. The standard InChI is InChI=1S/C13H20N2O3/c1-4-13(2,3)14-12(18)15(9-11(16)17)10-7-5-6-8-10/h1,10H,5-9H2,2-3H3,(H,14,18)(H,16,17). The van der Waals surface area contributed by atoms with E-state index in [2.05, 4.69) is 11.2 Å². The van der Waals surface area contributed by atoms with Crippen LogP contribution in [0.15, 0.2) is 0 Å². The summed E-state index contributed by atoms with van der Waals surface area (Å²) in [4.78, 5) is 24.3. The number of terminal acetylenes is 1. The number of carbonyl (C=O) groups excluding carboxylic acids is 1. The van der Waals surface area contributed by atoms with Crippen molar-refractivity contribution in [2.24, 2.45) is 0 Å². The first kappa shape index (κ1) is 14.4. The van der Waals surface area contributed by atoms with Crippen molar-refractivity contribution in [3.8, 4) is 12.3 Å². The summed E-state index contributed by atoms with van der Waals surface area (Å²) in [5.41, 5.74) is -0.771. The van der Waals surface area contributed by atoms with E-state index < -0.39 is 17.5 Å². The number of rotatable bonds is 4. The number of amides is 2. The van der Waals surface area contributed by atoms with Crippen LogP contribution in [0.4, 0.5) is 4.79 Å². The summed E-state index contributed by atoms with van der Waals surface area (Å²) in [6.07, 6.45) is 9.10. The number of nitrogens with one attached hydrogen (secondary N) is 1. The summed E-state index contributed by atoms with van der Waals surface area (Å²) in [6, 6.07) is -0.387. The average Bonchev–Trinajstić information content (AvgIpc) is 2.78. The highest BCUT2D eigenvalue weighted by Gasteiger charge is 2.30. The Morgan fingerprint density at radius 1 is 1.44 bits per heavy atom. The van der Waals surface area contributed by atoms with E-state index in [1.165, 1.54) is 4.90 Å². The van der Waals surface area contributed by atoms with E-state index in [0.29, 0.717) is 0 Å². The topological polar surface area (TPSA) is 69.6 Å². The van der Waals surface area contributed by atoms with Gasteiger partial charge in [0.05, 0.1) is 5.54 Å². The molecular weight excluding hydrogens is 232 g/mol. The van der Waals surface area contributed by atoms with Crippen LogP contribution < -0.4 is 5.32 Å². The summed E-state index contributed by atoms with van der Waals surface area (Å²) in [5.74, 6) is 1.46. The molecule has 100 valence electrons. The molecule has 0 unspecified atom stereocenters. The van der Waals surface area contributed by atoms with Crippen molar-refractivity contribution in [1.82, 2.24) is 10.2 Å². The number of aliphatic carboxylic acids is 1. The molecule has 1 aliphatic carbocycles. The van der Waals surface area contributed by atoms with Gasteiger partial charge in [0.2, 0.25) is 0 Å². The van der Waals surface area contributed by atoms with Crippen LogP contribution in [0.2, 0.25) is 0 Å². The maximum atomic E-state index is 12.1. The van der Waals surface area contributed by atoms with Crippen molar-refractivity contribution in [2.45, 2.75) is 51.1 Å². The Labute approximate surface area is 108 Å². The fourth-order valence-electron chi connectivity index (χ4n) is 2.10. The van der Waals surface area contributed by atoms with Crippen LogP contribution in [0, 0.1) is 12.3 Å². The molecule has 1 fully saturated rings. The van der Waals surface area contributed by atoms with Crippen LogP contribution in [0.25, 0.3) is 0 Å². The van der Waals surface area contributed by atoms with Crippen molar-refractivity contribution in [2.75, 3.05) is 6.54 Å². The first-order valence-corrected chi connectivity index (χ1v) is 6.14. The molecule has 5 nitrogen and oxygen atoms in total. The Bertz CT molecular complexity index is 365. The minimum Gasteiger partial charge on any atom is -0.480 e. The lowest BCUT2D eigenvalue weighted by Gasteiger charge is -2.31.